The highest BCUT2D eigenvalue weighted by atomic mass is 32.2. The fourth-order valence-electron chi connectivity index (χ4n) is 4.37. The Morgan fingerprint density at radius 3 is 2.45 bits per heavy atom. The maximum atomic E-state index is 13.0. The van der Waals surface area contributed by atoms with Crippen LogP contribution in [-0.4, -0.2) is 61.9 Å². The molecule has 0 aliphatic carbocycles. The van der Waals surface area contributed by atoms with Gasteiger partial charge in [0.05, 0.1) is 23.8 Å². The maximum Gasteiger partial charge on any atom is 0.266 e. The Labute approximate surface area is 199 Å². The van der Waals surface area contributed by atoms with Crippen LogP contribution in [-0.2, 0) is 9.53 Å². The first kappa shape index (κ1) is 22.1. The second kappa shape index (κ2) is 10.1. The number of carbonyl (C=O) groups is 1. The number of likely N-dealkylation sites (N-methyl/N-ethyl adjacent to an activating group) is 1. The van der Waals surface area contributed by atoms with Crippen molar-refractivity contribution in [2.75, 3.05) is 55.7 Å². The van der Waals surface area contributed by atoms with Crippen molar-refractivity contribution in [2.45, 2.75) is 26.2 Å². The normalized spacial score (nSPS) is 22.1. The van der Waals surface area contributed by atoms with Crippen molar-refractivity contribution in [3.05, 3.63) is 47.1 Å². The van der Waals surface area contributed by atoms with E-state index in [1.807, 2.05) is 37.3 Å². The number of furan rings is 1. The summed E-state index contributed by atoms with van der Waals surface area (Å²) in [6, 6.07) is 12.2. The van der Waals surface area contributed by atoms with E-state index in [9.17, 15) is 4.79 Å². The van der Waals surface area contributed by atoms with E-state index in [2.05, 4.69) is 21.9 Å². The predicted octanol–water partition coefficient (Wildman–Crippen LogP) is 4.73. The van der Waals surface area contributed by atoms with Crippen LogP contribution < -0.4 is 9.80 Å². The molecule has 0 bridgehead atoms. The second-order valence-electron chi connectivity index (χ2n) is 8.39. The molecule has 1 amide bonds. The lowest BCUT2D eigenvalue weighted by Gasteiger charge is -2.28. The summed E-state index contributed by atoms with van der Waals surface area (Å²) < 4.78 is 11.4. The van der Waals surface area contributed by atoms with Crippen LogP contribution in [0.2, 0.25) is 0 Å². The lowest BCUT2D eigenvalue weighted by atomic mass is 10.1. The van der Waals surface area contributed by atoms with Gasteiger partial charge in [0.1, 0.15) is 5.76 Å². The van der Waals surface area contributed by atoms with Crippen LogP contribution in [0.4, 0.5) is 17.3 Å². The molecular formula is C25H30N4O3S. The molecule has 0 radical (unpaired) electrons. The summed E-state index contributed by atoms with van der Waals surface area (Å²) in [4.78, 5) is 24.7. The van der Waals surface area contributed by atoms with Gasteiger partial charge in [-0.3, -0.25) is 9.69 Å². The lowest BCUT2D eigenvalue weighted by molar-refractivity contribution is -0.122. The molecule has 0 saturated carbocycles. The minimum absolute atomic E-state index is 0.0319. The Morgan fingerprint density at radius 1 is 0.970 bits per heavy atom. The SMILES string of the molecule is CCN1C(=O)/C(=C/c2ccc(N3CCOCC3)o2)SC1=Nc1ccc(N2CCCCC2)cc1. The fourth-order valence-corrected chi connectivity index (χ4v) is 5.42. The Kier molecular flexibility index (Phi) is 6.73. The smallest absolute Gasteiger partial charge is 0.266 e. The van der Waals surface area contributed by atoms with Crippen molar-refractivity contribution in [3.8, 4) is 0 Å². The minimum atomic E-state index is -0.0319. The summed E-state index contributed by atoms with van der Waals surface area (Å²) in [6.07, 6.45) is 5.66. The van der Waals surface area contributed by atoms with Gasteiger partial charge in [-0.15, -0.1) is 0 Å². The highest BCUT2D eigenvalue weighted by Gasteiger charge is 2.32. The van der Waals surface area contributed by atoms with Crippen molar-refractivity contribution in [1.82, 2.24) is 4.90 Å². The van der Waals surface area contributed by atoms with Gasteiger partial charge < -0.3 is 19.0 Å². The number of anilines is 2. The second-order valence-corrected chi connectivity index (χ2v) is 9.40. The van der Waals surface area contributed by atoms with Crippen molar-refractivity contribution in [2.24, 2.45) is 4.99 Å². The van der Waals surface area contributed by atoms with Gasteiger partial charge in [-0.25, -0.2) is 4.99 Å². The van der Waals surface area contributed by atoms with Gasteiger partial charge in [0.25, 0.3) is 5.91 Å². The summed E-state index contributed by atoms with van der Waals surface area (Å²) >= 11 is 1.40. The van der Waals surface area contributed by atoms with Crippen LogP contribution in [0.15, 0.2) is 50.7 Å². The average molecular weight is 467 g/mol. The molecule has 0 spiro atoms. The van der Waals surface area contributed by atoms with E-state index in [-0.39, 0.29) is 5.91 Å². The number of amidine groups is 1. The molecular weight excluding hydrogens is 436 g/mol. The highest BCUT2D eigenvalue weighted by molar-refractivity contribution is 8.18. The number of thioether (sulfide) groups is 1. The molecule has 7 nitrogen and oxygen atoms in total. The molecule has 3 aliphatic heterocycles. The zero-order chi connectivity index (χ0) is 22.6. The number of carbonyl (C=O) groups excluding carboxylic acids is 1. The molecule has 1 aromatic heterocycles. The fraction of sp³-hybridized carbons (Fsp3) is 0.440. The van der Waals surface area contributed by atoms with Gasteiger partial charge in [-0.2, -0.15) is 0 Å². The monoisotopic (exact) mass is 466 g/mol. The number of morpholine rings is 1. The third kappa shape index (κ3) is 4.96. The van der Waals surface area contributed by atoms with Gasteiger partial charge in [-0.05, 0) is 68.3 Å². The van der Waals surface area contributed by atoms with Gasteiger partial charge in [0.15, 0.2) is 11.1 Å². The van der Waals surface area contributed by atoms with E-state index in [1.165, 1.54) is 36.7 Å². The zero-order valence-corrected chi connectivity index (χ0v) is 19.9. The van der Waals surface area contributed by atoms with Crippen molar-refractivity contribution in [3.63, 3.8) is 0 Å². The van der Waals surface area contributed by atoms with Crippen LogP contribution in [0.5, 0.6) is 0 Å². The lowest BCUT2D eigenvalue weighted by Crippen LogP contribution is -2.35. The number of rotatable bonds is 5. The van der Waals surface area contributed by atoms with Crippen LogP contribution in [0.25, 0.3) is 6.08 Å². The Morgan fingerprint density at radius 2 is 1.73 bits per heavy atom. The molecule has 3 fully saturated rings. The highest BCUT2D eigenvalue weighted by Crippen LogP contribution is 2.35. The van der Waals surface area contributed by atoms with E-state index in [4.69, 9.17) is 14.1 Å². The van der Waals surface area contributed by atoms with E-state index in [0.29, 0.717) is 35.6 Å². The summed E-state index contributed by atoms with van der Waals surface area (Å²) in [7, 11) is 0. The topological polar surface area (TPSA) is 61.5 Å². The molecule has 0 N–H and O–H groups in total. The zero-order valence-electron chi connectivity index (χ0n) is 19.0. The number of hydrogen-bond donors (Lipinski definition) is 0. The molecule has 1 aromatic carbocycles. The van der Waals surface area contributed by atoms with Gasteiger partial charge in [-0.1, -0.05) is 0 Å². The number of ether oxygens (including phenoxy) is 1. The summed E-state index contributed by atoms with van der Waals surface area (Å²) in [5.41, 5.74) is 2.11. The largest absolute Gasteiger partial charge is 0.441 e. The number of piperidine rings is 1. The number of benzene rings is 1. The van der Waals surface area contributed by atoms with Crippen LogP contribution in [0.1, 0.15) is 31.9 Å². The molecule has 8 heteroatoms. The summed E-state index contributed by atoms with van der Waals surface area (Å²) in [5.74, 6) is 1.46. The Balaban J connectivity index is 1.31. The minimum Gasteiger partial charge on any atom is -0.441 e. The van der Waals surface area contributed by atoms with Crippen molar-refractivity contribution in [1.29, 1.82) is 0 Å². The third-order valence-electron chi connectivity index (χ3n) is 6.21. The first-order valence-electron chi connectivity index (χ1n) is 11.8. The van der Waals surface area contributed by atoms with Crippen molar-refractivity contribution < 1.29 is 13.9 Å². The predicted molar refractivity (Wildman–Crippen MR) is 134 cm³/mol. The van der Waals surface area contributed by atoms with Crippen LogP contribution in [0.3, 0.4) is 0 Å². The average Bonchev–Trinajstić information content (AvgIpc) is 3.45. The van der Waals surface area contributed by atoms with E-state index in [1.54, 1.807) is 4.90 Å². The third-order valence-corrected chi connectivity index (χ3v) is 7.22. The molecule has 5 rings (SSSR count). The molecule has 3 aliphatic rings. The van der Waals surface area contributed by atoms with E-state index >= 15 is 0 Å². The Bertz CT molecular complexity index is 1030. The maximum absolute atomic E-state index is 13.0. The standard InChI is InChI=1S/C25H30N4O3S/c1-2-29-24(30)22(18-21-10-11-23(32-21)28-14-16-31-17-15-28)33-25(29)26-19-6-8-20(9-7-19)27-12-4-3-5-13-27/h6-11,18H,2-5,12-17H2,1H3/b22-18-,26-25?. The molecule has 0 atom stereocenters. The number of hydrogen-bond acceptors (Lipinski definition) is 7. The van der Waals surface area contributed by atoms with E-state index in [0.717, 1.165) is 37.8 Å². The van der Waals surface area contributed by atoms with Gasteiger partial charge in [0, 0.05) is 50.6 Å². The Hall–Kier alpha value is -2.71. The van der Waals surface area contributed by atoms with Crippen LogP contribution >= 0.6 is 11.8 Å². The summed E-state index contributed by atoms with van der Waals surface area (Å²) in [6.45, 7) is 7.82. The molecule has 4 heterocycles. The molecule has 3 saturated heterocycles. The number of aliphatic imine (C=N–C) groups is 1. The van der Waals surface area contributed by atoms with Crippen molar-refractivity contribution >= 4 is 46.2 Å². The molecule has 2 aromatic rings. The first-order chi connectivity index (χ1) is 16.2. The van der Waals surface area contributed by atoms with Gasteiger partial charge >= 0.3 is 0 Å². The van der Waals surface area contributed by atoms with Crippen LogP contribution in [0, 0.1) is 0 Å². The van der Waals surface area contributed by atoms with Gasteiger partial charge in [0.2, 0.25) is 0 Å². The number of nitrogens with zero attached hydrogens (tertiary/aromatic N) is 4. The first-order valence-corrected chi connectivity index (χ1v) is 12.6. The number of amides is 1. The van der Waals surface area contributed by atoms with E-state index < -0.39 is 0 Å². The summed E-state index contributed by atoms with van der Waals surface area (Å²) in [5, 5.41) is 0.708. The quantitative estimate of drug-likeness (QED) is 0.594. The molecule has 0 unspecified atom stereocenters. The molecule has 33 heavy (non-hydrogen) atoms. The molecule has 174 valence electrons.